The van der Waals surface area contributed by atoms with Crippen molar-refractivity contribution in [2.45, 2.75) is 52.5 Å². The molecular weight excluding hydrogens is 268 g/mol. The van der Waals surface area contributed by atoms with Crippen molar-refractivity contribution in [2.75, 3.05) is 13.6 Å². The molecule has 3 nitrogen and oxygen atoms in total. The Kier molecular flexibility index (Phi) is 6.69. The molecule has 114 valence electrons. The van der Waals surface area contributed by atoms with Gasteiger partial charge < -0.3 is 10.6 Å². The topological polar surface area (TPSA) is 46.3 Å². The van der Waals surface area contributed by atoms with Gasteiger partial charge >= 0.3 is 0 Å². The number of thiophene rings is 1. The Morgan fingerprint density at radius 1 is 1.45 bits per heavy atom. The van der Waals surface area contributed by atoms with Crippen LogP contribution in [0.1, 0.15) is 44.9 Å². The average Bonchev–Trinajstić information content (AvgIpc) is 2.87. The monoisotopic (exact) mass is 296 g/mol. The van der Waals surface area contributed by atoms with E-state index >= 15 is 0 Å². The van der Waals surface area contributed by atoms with Gasteiger partial charge in [0.1, 0.15) is 0 Å². The van der Waals surface area contributed by atoms with Crippen LogP contribution in [0.4, 0.5) is 0 Å². The number of carbonyl (C=O) groups is 1. The largest absolute Gasteiger partial charge is 0.343 e. The summed E-state index contributed by atoms with van der Waals surface area (Å²) in [5.41, 5.74) is 5.77. The SMILES string of the molecule is CC(Cc1cccs1)N(C)C(=O)CCC(C)(C)CCN. The van der Waals surface area contributed by atoms with Crippen molar-refractivity contribution < 1.29 is 4.79 Å². The van der Waals surface area contributed by atoms with Crippen LogP contribution >= 0.6 is 11.3 Å². The van der Waals surface area contributed by atoms with Gasteiger partial charge in [-0.05, 0) is 43.2 Å². The molecule has 4 heteroatoms. The standard InChI is InChI=1S/C16H28N2OS/c1-13(12-14-6-5-11-20-14)18(4)15(19)7-8-16(2,3)9-10-17/h5-6,11,13H,7-10,12,17H2,1-4H3. The summed E-state index contributed by atoms with van der Waals surface area (Å²) in [5, 5.41) is 2.08. The fourth-order valence-electron chi connectivity index (χ4n) is 2.24. The third kappa shape index (κ3) is 5.63. The van der Waals surface area contributed by atoms with E-state index in [1.54, 1.807) is 11.3 Å². The molecule has 0 aliphatic heterocycles. The Bertz CT molecular complexity index is 401. The van der Waals surface area contributed by atoms with Crippen LogP contribution in [0, 0.1) is 5.41 Å². The molecule has 1 unspecified atom stereocenters. The molecule has 0 saturated heterocycles. The van der Waals surface area contributed by atoms with Crippen LogP contribution in [0.25, 0.3) is 0 Å². The predicted molar refractivity (Wildman–Crippen MR) is 86.9 cm³/mol. The van der Waals surface area contributed by atoms with Crippen LogP contribution in [-0.4, -0.2) is 30.4 Å². The lowest BCUT2D eigenvalue weighted by Crippen LogP contribution is -2.36. The zero-order valence-corrected chi connectivity index (χ0v) is 14.0. The first-order valence-corrected chi connectivity index (χ1v) is 8.22. The van der Waals surface area contributed by atoms with Gasteiger partial charge in [-0.3, -0.25) is 4.79 Å². The quantitative estimate of drug-likeness (QED) is 0.800. The number of likely N-dealkylation sites (N-methyl/N-ethyl adjacent to an activating group) is 1. The molecule has 1 rings (SSSR count). The van der Waals surface area contributed by atoms with Crippen LogP contribution in [0.5, 0.6) is 0 Å². The van der Waals surface area contributed by atoms with Gasteiger partial charge in [-0.2, -0.15) is 0 Å². The molecule has 1 aromatic rings. The third-order valence-electron chi connectivity index (χ3n) is 3.97. The summed E-state index contributed by atoms with van der Waals surface area (Å²) in [4.78, 5) is 15.5. The number of carbonyl (C=O) groups excluding carboxylic acids is 1. The number of hydrogen-bond acceptors (Lipinski definition) is 3. The van der Waals surface area contributed by atoms with Crippen LogP contribution in [0.2, 0.25) is 0 Å². The van der Waals surface area contributed by atoms with E-state index in [2.05, 4.69) is 38.3 Å². The zero-order chi connectivity index (χ0) is 15.2. The molecule has 0 bridgehead atoms. The van der Waals surface area contributed by atoms with Crippen molar-refractivity contribution in [1.29, 1.82) is 0 Å². The number of hydrogen-bond donors (Lipinski definition) is 1. The molecular formula is C16H28N2OS. The van der Waals surface area contributed by atoms with Gasteiger partial charge in [0, 0.05) is 30.8 Å². The van der Waals surface area contributed by atoms with Gasteiger partial charge in [0.15, 0.2) is 0 Å². The predicted octanol–water partition coefficient (Wildman–Crippen LogP) is 3.29. The summed E-state index contributed by atoms with van der Waals surface area (Å²) in [6.07, 6.45) is 3.41. The highest BCUT2D eigenvalue weighted by molar-refractivity contribution is 7.09. The molecule has 0 spiro atoms. The maximum absolute atomic E-state index is 12.3. The molecule has 0 saturated carbocycles. The van der Waals surface area contributed by atoms with Crippen LogP contribution < -0.4 is 5.73 Å². The van der Waals surface area contributed by atoms with Crippen LogP contribution in [-0.2, 0) is 11.2 Å². The Morgan fingerprint density at radius 3 is 2.70 bits per heavy atom. The lowest BCUT2D eigenvalue weighted by atomic mass is 9.84. The average molecular weight is 296 g/mol. The highest BCUT2D eigenvalue weighted by atomic mass is 32.1. The van der Waals surface area contributed by atoms with E-state index in [1.807, 2.05) is 11.9 Å². The summed E-state index contributed by atoms with van der Waals surface area (Å²) in [6.45, 7) is 7.17. The minimum atomic E-state index is 0.155. The summed E-state index contributed by atoms with van der Waals surface area (Å²) in [6, 6.07) is 4.44. The molecule has 1 atom stereocenters. The van der Waals surface area contributed by atoms with Crippen molar-refractivity contribution in [3.63, 3.8) is 0 Å². The lowest BCUT2D eigenvalue weighted by molar-refractivity contribution is -0.132. The highest BCUT2D eigenvalue weighted by Gasteiger charge is 2.21. The Hall–Kier alpha value is -0.870. The molecule has 2 N–H and O–H groups in total. The number of rotatable bonds is 8. The second-order valence-electron chi connectivity index (χ2n) is 6.34. The Morgan fingerprint density at radius 2 is 2.15 bits per heavy atom. The number of nitrogens with two attached hydrogens (primary N) is 1. The summed E-state index contributed by atoms with van der Waals surface area (Å²) in [5.74, 6) is 0.235. The molecule has 0 aliphatic rings. The minimum absolute atomic E-state index is 0.155. The van der Waals surface area contributed by atoms with E-state index in [0.717, 1.165) is 19.3 Å². The first-order valence-electron chi connectivity index (χ1n) is 7.34. The first-order chi connectivity index (χ1) is 9.35. The van der Waals surface area contributed by atoms with Gasteiger partial charge in [-0.25, -0.2) is 0 Å². The molecule has 20 heavy (non-hydrogen) atoms. The van der Waals surface area contributed by atoms with E-state index < -0.39 is 0 Å². The fourth-order valence-corrected chi connectivity index (χ4v) is 3.07. The molecule has 0 aromatic carbocycles. The van der Waals surface area contributed by atoms with Crippen molar-refractivity contribution >= 4 is 17.2 Å². The molecule has 1 aromatic heterocycles. The van der Waals surface area contributed by atoms with Gasteiger partial charge in [-0.1, -0.05) is 19.9 Å². The Balaban J connectivity index is 2.42. The van der Waals surface area contributed by atoms with Crippen molar-refractivity contribution in [3.8, 4) is 0 Å². The van der Waals surface area contributed by atoms with Gasteiger partial charge in [0.2, 0.25) is 5.91 Å². The summed E-state index contributed by atoms with van der Waals surface area (Å²) < 4.78 is 0. The molecule has 1 heterocycles. The number of amides is 1. The summed E-state index contributed by atoms with van der Waals surface area (Å²) in [7, 11) is 1.91. The van der Waals surface area contributed by atoms with Crippen molar-refractivity contribution in [2.24, 2.45) is 11.1 Å². The normalized spacial score (nSPS) is 13.2. The van der Waals surface area contributed by atoms with E-state index in [1.165, 1.54) is 4.88 Å². The third-order valence-corrected chi connectivity index (χ3v) is 4.87. The van der Waals surface area contributed by atoms with Gasteiger partial charge in [0.25, 0.3) is 0 Å². The van der Waals surface area contributed by atoms with Gasteiger partial charge in [-0.15, -0.1) is 11.3 Å². The summed E-state index contributed by atoms with van der Waals surface area (Å²) >= 11 is 1.75. The maximum Gasteiger partial charge on any atom is 0.222 e. The van der Waals surface area contributed by atoms with Crippen molar-refractivity contribution in [3.05, 3.63) is 22.4 Å². The lowest BCUT2D eigenvalue weighted by Gasteiger charge is -2.28. The van der Waals surface area contributed by atoms with E-state index in [9.17, 15) is 4.79 Å². The van der Waals surface area contributed by atoms with E-state index in [0.29, 0.717) is 13.0 Å². The smallest absolute Gasteiger partial charge is 0.222 e. The number of nitrogens with zero attached hydrogens (tertiary/aromatic N) is 1. The second kappa shape index (κ2) is 7.79. The fraction of sp³-hybridized carbons (Fsp3) is 0.688. The molecule has 0 radical (unpaired) electrons. The molecule has 0 aliphatic carbocycles. The van der Waals surface area contributed by atoms with E-state index in [4.69, 9.17) is 5.73 Å². The zero-order valence-electron chi connectivity index (χ0n) is 13.2. The molecule has 1 amide bonds. The highest BCUT2D eigenvalue weighted by Crippen LogP contribution is 2.26. The van der Waals surface area contributed by atoms with Crippen LogP contribution in [0.3, 0.4) is 0 Å². The Labute approximate surface area is 127 Å². The van der Waals surface area contributed by atoms with E-state index in [-0.39, 0.29) is 17.4 Å². The maximum atomic E-state index is 12.3. The van der Waals surface area contributed by atoms with Crippen LogP contribution in [0.15, 0.2) is 17.5 Å². The van der Waals surface area contributed by atoms with Gasteiger partial charge in [0.05, 0.1) is 0 Å². The van der Waals surface area contributed by atoms with Crippen molar-refractivity contribution in [1.82, 2.24) is 4.90 Å². The minimum Gasteiger partial charge on any atom is -0.343 e. The molecule has 0 fully saturated rings. The second-order valence-corrected chi connectivity index (χ2v) is 7.37. The first kappa shape index (κ1) is 17.2.